The molecule has 1 saturated carbocycles. The molecule has 1 fully saturated rings. The highest BCUT2D eigenvalue weighted by atomic mass is 19.1. The maximum absolute atomic E-state index is 15.4. The number of hydrogen-bond acceptors (Lipinski definition) is 6. The Morgan fingerprint density at radius 1 is 1.39 bits per heavy atom. The van der Waals surface area contributed by atoms with Crippen LogP contribution in [-0.4, -0.2) is 59.3 Å². The van der Waals surface area contributed by atoms with Crippen LogP contribution in [0, 0.1) is 11.7 Å². The molecule has 0 saturated heterocycles. The molecule has 2 aromatic rings. The van der Waals surface area contributed by atoms with E-state index >= 15 is 4.39 Å². The predicted molar refractivity (Wildman–Crippen MR) is 115 cm³/mol. The zero-order chi connectivity index (χ0) is 22.7. The molecule has 1 aliphatic rings. The lowest BCUT2D eigenvalue weighted by Crippen LogP contribution is -2.33. The zero-order valence-electron chi connectivity index (χ0n) is 17.8. The minimum absolute atomic E-state index is 0.0209. The van der Waals surface area contributed by atoms with Crippen molar-refractivity contribution in [2.45, 2.75) is 38.6 Å². The van der Waals surface area contributed by atoms with E-state index in [0.29, 0.717) is 31.4 Å². The summed E-state index contributed by atoms with van der Waals surface area (Å²) < 4.78 is 22.7. The number of aliphatic hydroxyl groups excluding tert-OH is 2. The number of ether oxygens (including phenoxy) is 1. The largest absolute Gasteiger partial charge is 0.492 e. The third kappa shape index (κ3) is 4.52. The van der Waals surface area contributed by atoms with Crippen molar-refractivity contribution in [1.29, 1.82) is 0 Å². The Labute approximate surface area is 179 Å². The fourth-order valence-electron chi connectivity index (χ4n) is 4.02. The van der Waals surface area contributed by atoms with Crippen molar-refractivity contribution >= 4 is 22.6 Å². The zero-order valence-corrected chi connectivity index (χ0v) is 17.8. The van der Waals surface area contributed by atoms with E-state index in [9.17, 15) is 24.9 Å². The van der Waals surface area contributed by atoms with Crippen molar-refractivity contribution in [2.24, 2.45) is 5.92 Å². The van der Waals surface area contributed by atoms with Gasteiger partial charge in [-0.05, 0) is 31.7 Å². The first-order valence-electron chi connectivity index (χ1n) is 10.5. The van der Waals surface area contributed by atoms with Gasteiger partial charge in [-0.1, -0.05) is 6.92 Å². The Bertz CT molecular complexity index is 1020. The van der Waals surface area contributed by atoms with E-state index in [0.717, 1.165) is 18.9 Å². The number of halogens is 1. The molecule has 3 N–H and O–H groups in total. The molecule has 0 bridgehead atoms. The number of fused-ring (bicyclic) bond motifs is 1. The van der Waals surface area contributed by atoms with Crippen LogP contribution in [-0.2, 0) is 0 Å². The second-order valence-corrected chi connectivity index (χ2v) is 7.96. The van der Waals surface area contributed by atoms with Gasteiger partial charge in [-0.25, -0.2) is 9.18 Å². The van der Waals surface area contributed by atoms with Crippen LogP contribution in [0.15, 0.2) is 17.1 Å². The van der Waals surface area contributed by atoms with E-state index in [2.05, 4.69) is 0 Å². The van der Waals surface area contributed by atoms with Gasteiger partial charge in [0.15, 0.2) is 11.6 Å². The molecule has 0 aliphatic heterocycles. The van der Waals surface area contributed by atoms with E-state index < -0.39 is 22.8 Å². The molecule has 31 heavy (non-hydrogen) atoms. The average molecular weight is 436 g/mol. The van der Waals surface area contributed by atoms with Crippen LogP contribution < -0.4 is 15.1 Å². The number of methoxy groups -OCH3 is 1. The van der Waals surface area contributed by atoms with Crippen LogP contribution in [0.3, 0.4) is 0 Å². The van der Waals surface area contributed by atoms with Crippen molar-refractivity contribution in [2.75, 3.05) is 38.3 Å². The first kappa shape index (κ1) is 23.0. The molecule has 1 atom stereocenters. The van der Waals surface area contributed by atoms with Crippen LogP contribution in [0.2, 0.25) is 0 Å². The summed E-state index contributed by atoms with van der Waals surface area (Å²) >= 11 is 0. The van der Waals surface area contributed by atoms with Crippen molar-refractivity contribution in [3.05, 3.63) is 33.9 Å². The fourth-order valence-corrected chi connectivity index (χ4v) is 4.02. The summed E-state index contributed by atoms with van der Waals surface area (Å²) in [6.07, 6.45) is 4.04. The van der Waals surface area contributed by atoms with Crippen molar-refractivity contribution in [3.63, 3.8) is 0 Å². The van der Waals surface area contributed by atoms with Crippen LogP contribution in [0.4, 0.5) is 10.1 Å². The van der Waals surface area contributed by atoms with Crippen molar-refractivity contribution < 1.29 is 29.2 Å². The van der Waals surface area contributed by atoms with Crippen molar-refractivity contribution in [1.82, 2.24) is 4.57 Å². The minimum Gasteiger partial charge on any atom is -0.492 e. The molecule has 9 heteroatoms. The number of carbonyl (C=O) groups is 1. The highest BCUT2D eigenvalue weighted by Gasteiger charge is 2.31. The number of rotatable bonds is 11. The standard InChI is InChI=1S/C22H29FN2O6/c1-3-7-24(10-13(12-27)6-8-26)19-17(23)9-15-18(21(19)31-2)25(14-4-5-14)11-16(20(15)28)22(29)30/h9,11,13-14,26-27H,3-8,10,12H2,1-2H3,(H,29,30)/t13-/m0/s1. The number of hydrogen-bond donors (Lipinski definition) is 3. The van der Waals surface area contributed by atoms with E-state index in [-0.39, 0.29) is 42.0 Å². The molecule has 0 unspecified atom stereocenters. The average Bonchev–Trinajstić information content (AvgIpc) is 3.57. The minimum atomic E-state index is -1.35. The number of carboxylic acid groups (broad SMARTS) is 1. The van der Waals surface area contributed by atoms with E-state index in [1.807, 2.05) is 6.92 Å². The number of aromatic carboxylic acids is 1. The van der Waals surface area contributed by atoms with E-state index in [4.69, 9.17) is 4.74 Å². The number of aliphatic hydroxyl groups is 2. The topological polar surface area (TPSA) is 112 Å². The summed E-state index contributed by atoms with van der Waals surface area (Å²) in [6, 6.07) is 1.11. The summed E-state index contributed by atoms with van der Waals surface area (Å²) in [5.41, 5.74) is -0.605. The molecule has 0 amide bonds. The number of nitrogens with zero attached hydrogens (tertiary/aromatic N) is 2. The lowest BCUT2D eigenvalue weighted by molar-refractivity contribution is 0.0694. The van der Waals surface area contributed by atoms with Gasteiger partial charge in [0.05, 0.1) is 18.0 Å². The number of aromatic nitrogens is 1. The molecule has 8 nitrogen and oxygen atoms in total. The summed E-state index contributed by atoms with van der Waals surface area (Å²) in [5, 5.41) is 28.4. The summed E-state index contributed by atoms with van der Waals surface area (Å²) in [5.74, 6) is -2.14. The van der Waals surface area contributed by atoms with Gasteiger partial charge in [-0.2, -0.15) is 0 Å². The van der Waals surface area contributed by atoms with Gasteiger partial charge in [-0.3, -0.25) is 4.79 Å². The monoisotopic (exact) mass is 436 g/mol. The number of pyridine rings is 1. The summed E-state index contributed by atoms with van der Waals surface area (Å²) in [7, 11) is 1.39. The number of benzene rings is 1. The van der Waals surface area contributed by atoms with Gasteiger partial charge in [0.25, 0.3) is 0 Å². The third-order valence-corrected chi connectivity index (χ3v) is 5.66. The second-order valence-electron chi connectivity index (χ2n) is 7.96. The highest BCUT2D eigenvalue weighted by molar-refractivity contribution is 5.97. The second kappa shape index (κ2) is 9.65. The van der Waals surface area contributed by atoms with Gasteiger partial charge in [0.2, 0.25) is 5.43 Å². The maximum Gasteiger partial charge on any atom is 0.341 e. The molecule has 1 aromatic carbocycles. The molecule has 3 rings (SSSR count). The Morgan fingerprint density at radius 3 is 2.61 bits per heavy atom. The summed E-state index contributed by atoms with van der Waals surface area (Å²) in [6.45, 7) is 2.46. The van der Waals surface area contributed by atoms with E-state index in [1.165, 1.54) is 13.3 Å². The van der Waals surface area contributed by atoms with Gasteiger partial charge >= 0.3 is 5.97 Å². The molecule has 1 aromatic heterocycles. The first-order chi connectivity index (χ1) is 14.9. The van der Waals surface area contributed by atoms with Crippen molar-refractivity contribution in [3.8, 4) is 5.75 Å². The lowest BCUT2D eigenvalue weighted by atomic mass is 10.0. The Morgan fingerprint density at radius 2 is 2.10 bits per heavy atom. The molecular formula is C22H29FN2O6. The number of anilines is 1. The Kier molecular flexibility index (Phi) is 7.17. The third-order valence-electron chi connectivity index (χ3n) is 5.66. The number of carboxylic acids is 1. The van der Waals surface area contributed by atoms with E-state index in [1.54, 1.807) is 9.47 Å². The van der Waals surface area contributed by atoms with Gasteiger partial charge < -0.3 is 29.5 Å². The van der Waals surface area contributed by atoms with Gasteiger partial charge in [0.1, 0.15) is 11.3 Å². The van der Waals surface area contributed by atoms with Crippen LogP contribution >= 0.6 is 0 Å². The maximum atomic E-state index is 15.4. The predicted octanol–water partition coefficient (Wildman–Crippen LogP) is 2.39. The molecule has 1 heterocycles. The normalized spacial score (nSPS) is 14.6. The Balaban J connectivity index is 2.28. The first-order valence-corrected chi connectivity index (χ1v) is 10.5. The molecule has 170 valence electrons. The van der Waals surface area contributed by atoms with Crippen LogP contribution in [0.25, 0.3) is 10.9 Å². The quantitative estimate of drug-likeness (QED) is 0.496. The van der Waals surface area contributed by atoms with Crippen LogP contribution in [0.1, 0.15) is 49.0 Å². The molecule has 0 radical (unpaired) electrons. The summed E-state index contributed by atoms with van der Waals surface area (Å²) in [4.78, 5) is 26.2. The SMILES string of the molecule is CCCN(C[C@@H](CO)CCO)c1c(F)cc2c(=O)c(C(=O)O)cn(C3CC3)c2c1OC. The molecule has 0 spiro atoms. The molecule has 1 aliphatic carbocycles. The molecular weight excluding hydrogens is 407 g/mol. The lowest BCUT2D eigenvalue weighted by Gasteiger charge is -2.31. The smallest absolute Gasteiger partial charge is 0.341 e. The van der Waals surface area contributed by atoms with Gasteiger partial charge in [-0.15, -0.1) is 0 Å². The van der Waals surface area contributed by atoms with Gasteiger partial charge in [0, 0.05) is 44.5 Å². The fraction of sp³-hybridized carbons (Fsp3) is 0.545. The van der Waals surface area contributed by atoms with Crippen LogP contribution in [0.5, 0.6) is 5.75 Å². The highest BCUT2D eigenvalue weighted by Crippen LogP contribution is 2.43. The Hall–Kier alpha value is -2.65.